The Labute approximate surface area is 170 Å². The van der Waals surface area contributed by atoms with Crippen LogP contribution in [0.2, 0.25) is 10.0 Å². The number of carbonyl (C=O) groups excluding carboxylic acids is 3. The van der Waals surface area contributed by atoms with Gasteiger partial charge in [0, 0.05) is 16.1 Å². The molecule has 152 valence electrons. The zero-order chi connectivity index (χ0) is 21.6. The smallest absolute Gasteiger partial charge is 0.340 e. The van der Waals surface area contributed by atoms with E-state index in [1.165, 1.54) is 18.2 Å². The molecule has 1 aliphatic heterocycles. The summed E-state index contributed by atoms with van der Waals surface area (Å²) in [4.78, 5) is 37.9. The fourth-order valence-electron chi connectivity index (χ4n) is 2.05. The summed E-state index contributed by atoms with van der Waals surface area (Å²) in [6.45, 7) is 3.20. The van der Waals surface area contributed by atoms with E-state index in [1.54, 1.807) is 13.8 Å². The van der Waals surface area contributed by atoms with E-state index in [9.17, 15) is 14.4 Å². The molecule has 1 aliphatic rings. The van der Waals surface area contributed by atoms with Gasteiger partial charge in [-0.1, -0.05) is 23.2 Å². The molecule has 1 aromatic carbocycles. The average molecular weight is 431 g/mol. The first-order valence-electron chi connectivity index (χ1n) is 7.78. The van der Waals surface area contributed by atoms with Crippen LogP contribution in [0, 0.1) is 10.8 Å². The number of imide groups is 2. The minimum absolute atomic E-state index is 0.143. The van der Waals surface area contributed by atoms with E-state index in [-0.39, 0.29) is 30.2 Å². The first-order valence-corrected chi connectivity index (χ1v) is 8.54. The zero-order valence-corrected chi connectivity index (χ0v) is 16.6. The van der Waals surface area contributed by atoms with Gasteiger partial charge in [0.15, 0.2) is 11.9 Å². The molecule has 0 aromatic heterocycles. The first-order chi connectivity index (χ1) is 12.9. The zero-order valence-electron chi connectivity index (χ0n) is 15.0. The summed E-state index contributed by atoms with van der Waals surface area (Å²) in [6.07, 6.45) is 0. The number of benzene rings is 1. The molecule has 1 heterocycles. The monoisotopic (exact) mass is 430 g/mol. The molecule has 0 radical (unpaired) electrons. The van der Waals surface area contributed by atoms with Gasteiger partial charge >= 0.3 is 12.1 Å². The Morgan fingerprint density at radius 3 is 2.00 bits per heavy atom. The fraction of sp³-hybridized carbons (Fsp3) is 0.267. The van der Waals surface area contributed by atoms with Gasteiger partial charge in [-0.3, -0.25) is 20.9 Å². The van der Waals surface area contributed by atoms with Gasteiger partial charge in [0.25, 0.3) is 5.91 Å². The summed E-state index contributed by atoms with van der Waals surface area (Å²) in [6, 6.07) is 2.88. The second-order valence-corrected chi connectivity index (χ2v) is 6.65. The van der Waals surface area contributed by atoms with Crippen LogP contribution in [0.3, 0.4) is 0 Å². The Kier molecular flexibility index (Phi) is 8.01. The average Bonchev–Trinajstić information content (AvgIpc) is 2.79. The predicted octanol–water partition coefficient (Wildman–Crippen LogP) is 1.24. The van der Waals surface area contributed by atoms with Gasteiger partial charge in [-0.2, -0.15) is 0 Å². The molecule has 1 aromatic rings. The van der Waals surface area contributed by atoms with Crippen LogP contribution < -0.4 is 27.0 Å². The molecule has 0 aliphatic carbocycles. The lowest BCUT2D eigenvalue weighted by atomic mass is 10.3. The SMILES string of the molecule is CC(C)NC(=O)N1CC(=O)N(c2cc(Cl)cc(Cl)c2)C1=O.N=C(N)NC(=N)N. The maximum atomic E-state index is 12.2. The van der Waals surface area contributed by atoms with Crippen molar-refractivity contribution in [3.8, 4) is 0 Å². The van der Waals surface area contributed by atoms with Crippen LogP contribution >= 0.6 is 23.2 Å². The lowest BCUT2D eigenvalue weighted by Gasteiger charge is -2.18. The van der Waals surface area contributed by atoms with Crippen molar-refractivity contribution in [3.63, 3.8) is 0 Å². The van der Waals surface area contributed by atoms with Gasteiger partial charge in [0.2, 0.25) is 0 Å². The van der Waals surface area contributed by atoms with E-state index in [2.05, 4.69) is 5.32 Å². The summed E-state index contributed by atoms with van der Waals surface area (Å²) in [7, 11) is 0. The number of carbonyl (C=O) groups is 3. The lowest BCUT2D eigenvalue weighted by Crippen LogP contribution is -2.45. The molecule has 8 N–H and O–H groups in total. The van der Waals surface area contributed by atoms with Gasteiger partial charge in [0.05, 0.1) is 5.69 Å². The molecule has 0 spiro atoms. The minimum atomic E-state index is -0.725. The Morgan fingerprint density at radius 1 is 1.11 bits per heavy atom. The van der Waals surface area contributed by atoms with Crippen LogP contribution in [0.25, 0.3) is 0 Å². The third kappa shape index (κ3) is 6.59. The number of urea groups is 2. The molecule has 28 heavy (non-hydrogen) atoms. The van der Waals surface area contributed by atoms with Crippen molar-refractivity contribution in [1.29, 1.82) is 10.8 Å². The topological polar surface area (TPSA) is 181 Å². The molecule has 1 fully saturated rings. The molecule has 0 bridgehead atoms. The van der Waals surface area contributed by atoms with Gasteiger partial charge in [0.1, 0.15) is 6.54 Å². The number of rotatable bonds is 2. The number of nitrogens with one attached hydrogen (secondary N) is 4. The van der Waals surface area contributed by atoms with Crippen molar-refractivity contribution in [1.82, 2.24) is 15.5 Å². The summed E-state index contributed by atoms with van der Waals surface area (Å²) in [5, 5.41) is 18.1. The maximum absolute atomic E-state index is 12.2. The van der Waals surface area contributed by atoms with Crippen molar-refractivity contribution in [3.05, 3.63) is 28.2 Å². The molecule has 13 heteroatoms. The highest BCUT2D eigenvalue weighted by Crippen LogP contribution is 2.28. The van der Waals surface area contributed by atoms with Gasteiger partial charge in [-0.05, 0) is 32.0 Å². The van der Waals surface area contributed by atoms with E-state index in [1.807, 2.05) is 5.32 Å². The highest BCUT2D eigenvalue weighted by molar-refractivity contribution is 6.35. The minimum Gasteiger partial charge on any atom is -0.370 e. The standard InChI is InChI=1S/C13H13Cl2N3O3.C2H7N5/c1-7(2)16-12(20)17-6-11(19)18(13(17)21)10-4-8(14)3-9(15)5-10;3-1(4)7-2(5)6/h3-5,7H,6H2,1-2H3,(H,16,20);(H7,3,4,5,6,7). The van der Waals surface area contributed by atoms with E-state index in [0.717, 1.165) is 9.80 Å². The molecule has 1 saturated heterocycles. The van der Waals surface area contributed by atoms with Crippen LogP contribution in [-0.4, -0.2) is 47.4 Å². The second kappa shape index (κ2) is 9.76. The Balaban J connectivity index is 0.000000480. The predicted molar refractivity (Wildman–Crippen MR) is 107 cm³/mol. The van der Waals surface area contributed by atoms with Crippen LogP contribution in [0.5, 0.6) is 0 Å². The molecule has 5 amide bonds. The van der Waals surface area contributed by atoms with Crippen LogP contribution in [-0.2, 0) is 4.79 Å². The quantitative estimate of drug-likeness (QED) is 0.233. The fourth-order valence-corrected chi connectivity index (χ4v) is 2.57. The molecule has 0 saturated carbocycles. The molecule has 0 unspecified atom stereocenters. The summed E-state index contributed by atoms with van der Waals surface area (Å²) in [5.41, 5.74) is 9.73. The summed E-state index contributed by atoms with van der Waals surface area (Å²) < 4.78 is 0. The van der Waals surface area contributed by atoms with Crippen molar-refractivity contribution in [2.75, 3.05) is 11.4 Å². The van der Waals surface area contributed by atoms with E-state index >= 15 is 0 Å². The highest BCUT2D eigenvalue weighted by Gasteiger charge is 2.41. The largest absolute Gasteiger partial charge is 0.370 e. The number of amides is 5. The summed E-state index contributed by atoms with van der Waals surface area (Å²) in [5.74, 6) is -1.14. The van der Waals surface area contributed by atoms with Crippen molar-refractivity contribution in [2.24, 2.45) is 11.5 Å². The molecule has 11 nitrogen and oxygen atoms in total. The molecular formula is C15H20Cl2N8O3. The number of hydrogen-bond acceptors (Lipinski definition) is 5. The van der Waals surface area contributed by atoms with Crippen molar-refractivity contribution < 1.29 is 14.4 Å². The lowest BCUT2D eigenvalue weighted by molar-refractivity contribution is -0.116. The van der Waals surface area contributed by atoms with Gasteiger partial charge in [-0.25, -0.2) is 19.4 Å². The number of nitrogens with zero attached hydrogens (tertiary/aromatic N) is 2. The number of hydrogen-bond donors (Lipinski definition) is 6. The van der Waals surface area contributed by atoms with Crippen molar-refractivity contribution >= 4 is 58.8 Å². The Hall–Kier alpha value is -3.05. The van der Waals surface area contributed by atoms with Crippen molar-refractivity contribution in [2.45, 2.75) is 19.9 Å². The Morgan fingerprint density at radius 2 is 1.61 bits per heavy atom. The second-order valence-electron chi connectivity index (χ2n) is 5.78. The van der Waals surface area contributed by atoms with Crippen LogP contribution in [0.1, 0.15) is 13.8 Å². The molecule has 0 atom stereocenters. The van der Waals surface area contributed by atoms with Crippen LogP contribution in [0.4, 0.5) is 15.3 Å². The van der Waals surface area contributed by atoms with Gasteiger partial charge in [-0.15, -0.1) is 0 Å². The molecular weight excluding hydrogens is 411 g/mol. The Bertz CT molecular complexity index is 782. The number of guanidine groups is 2. The van der Waals surface area contributed by atoms with Gasteiger partial charge < -0.3 is 16.8 Å². The number of halogens is 2. The third-order valence-electron chi connectivity index (χ3n) is 3.00. The van der Waals surface area contributed by atoms with E-state index in [4.69, 9.17) is 45.5 Å². The van der Waals surface area contributed by atoms with E-state index in [0.29, 0.717) is 10.0 Å². The summed E-state index contributed by atoms with van der Waals surface area (Å²) >= 11 is 11.7. The first kappa shape index (κ1) is 23.0. The van der Waals surface area contributed by atoms with E-state index < -0.39 is 18.0 Å². The number of anilines is 1. The molecule has 2 rings (SSSR count). The number of nitrogens with two attached hydrogens (primary N) is 2. The normalized spacial score (nSPS) is 13.2. The highest BCUT2D eigenvalue weighted by atomic mass is 35.5. The van der Waals surface area contributed by atoms with Crippen LogP contribution in [0.15, 0.2) is 18.2 Å². The third-order valence-corrected chi connectivity index (χ3v) is 3.43. The maximum Gasteiger partial charge on any atom is 0.340 e.